The molecule has 0 aromatic rings. The van der Waals surface area contributed by atoms with Crippen LogP contribution in [0.15, 0.2) is 4.99 Å². The average molecular weight is 285 g/mol. The monoisotopic (exact) mass is 285 g/mol. The summed E-state index contributed by atoms with van der Waals surface area (Å²) in [4.78, 5) is 31.0. The number of nitrogens with zero attached hydrogens (tertiary/aromatic N) is 3. The van der Waals surface area contributed by atoms with Crippen molar-refractivity contribution >= 4 is 17.9 Å². The second-order valence-corrected chi connectivity index (χ2v) is 4.55. The molecular weight excluding hydrogens is 266 g/mol. The number of imide groups is 1. The summed E-state index contributed by atoms with van der Waals surface area (Å²) < 4.78 is 5.03. The number of likely N-dealkylation sites (N-methyl/N-ethyl adjacent to an activating group) is 1. The number of aliphatic imine (C=N–C) groups is 1. The number of guanidine groups is 1. The number of carbonyl (C=O) groups is 2. The molecular formula is C11H19N5O4. The number of nitrogens with one attached hydrogen (secondary N) is 2. The molecule has 2 aliphatic rings. The lowest BCUT2D eigenvalue weighted by molar-refractivity contribution is -0.127. The van der Waals surface area contributed by atoms with E-state index >= 15 is 0 Å². The number of amides is 3. The smallest absolute Gasteiger partial charge is 0.325 e. The summed E-state index contributed by atoms with van der Waals surface area (Å²) >= 11 is 0. The van der Waals surface area contributed by atoms with Gasteiger partial charge in [-0.3, -0.25) is 15.1 Å². The molecule has 0 saturated carbocycles. The fourth-order valence-corrected chi connectivity index (χ4v) is 2.31. The minimum Gasteiger partial charge on any atom is -0.394 e. The molecule has 0 radical (unpaired) electrons. The fourth-order valence-electron chi connectivity index (χ4n) is 2.31. The van der Waals surface area contributed by atoms with Gasteiger partial charge in [-0.15, -0.1) is 0 Å². The zero-order valence-electron chi connectivity index (χ0n) is 11.5. The van der Waals surface area contributed by atoms with Gasteiger partial charge in [0, 0.05) is 20.7 Å². The fraction of sp³-hybridized carbons (Fsp3) is 0.727. The number of carbonyl (C=O) groups excluding carboxylic acids is 2. The maximum atomic E-state index is 12.0. The van der Waals surface area contributed by atoms with Gasteiger partial charge in [-0.25, -0.2) is 4.79 Å². The van der Waals surface area contributed by atoms with Gasteiger partial charge >= 0.3 is 6.03 Å². The molecule has 112 valence electrons. The van der Waals surface area contributed by atoms with Gasteiger partial charge in [-0.05, 0) is 0 Å². The Labute approximate surface area is 116 Å². The second kappa shape index (κ2) is 6.06. The summed E-state index contributed by atoms with van der Waals surface area (Å²) in [6.45, 7) is 1.03. The molecule has 2 rings (SSSR count). The standard InChI is InChI=1S/C11H19N5O4/c1-15-8-7(9(18)14-11(15)19)16(4-6-20-2)10(13-8)12-3-5-17/h7-8,17H,3-6H2,1-2H3,(H,12,13)(H,14,18,19). The van der Waals surface area contributed by atoms with Gasteiger partial charge in [0.05, 0.1) is 19.8 Å². The topological polar surface area (TPSA) is 106 Å². The van der Waals surface area contributed by atoms with Crippen molar-refractivity contribution in [3.63, 3.8) is 0 Å². The van der Waals surface area contributed by atoms with Crippen molar-refractivity contribution in [3.8, 4) is 0 Å². The molecule has 0 spiro atoms. The number of methoxy groups -OCH3 is 1. The van der Waals surface area contributed by atoms with Gasteiger partial charge in [0.15, 0.2) is 12.0 Å². The molecule has 9 heteroatoms. The largest absolute Gasteiger partial charge is 0.394 e. The Morgan fingerprint density at radius 2 is 2.20 bits per heavy atom. The molecule has 20 heavy (non-hydrogen) atoms. The summed E-state index contributed by atoms with van der Waals surface area (Å²) in [5.41, 5.74) is 0. The predicted molar refractivity (Wildman–Crippen MR) is 70.0 cm³/mol. The van der Waals surface area contributed by atoms with Crippen LogP contribution in [0.2, 0.25) is 0 Å². The molecule has 2 aliphatic heterocycles. The van der Waals surface area contributed by atoms with Gasteiger partial charge in [0.2, 0.25) is 0 Å². The highest BCUT2D eigenvalue weighted by molar-refractivity contribution is 6.04. The minimum absolute atomic E-state index is 0.0837. The summed E-state index contributed by atoms with van der Waals surface area (Å²) in [5.74, 6) is 0.124. The average Bonchev–Trinajstić information content (AvgIpc) is 2.79. The number of aliphatic hydroxyl groups excluding tert-OH is 1. The van der Waals surface area contributed by atoms with E-state index in [1.54, 1.807) is 19.1 Å². The SMILES string of the molecule is COCCN1C(=NCCO)NC2C1C(=O)NC(=O)N2C. The van der Waals surface area contributed by atoms with Gasteiger partial charge in [0.25, 0.3) is 5.91 Å². The summed E-state index contributed by atoms with van der Waals surface area (Å²) in [5, 5.41) is 14.2. The van der Waals surface area contributed by atoms with E-state index < -0.39 is 18.2 Å². The second-order valence-electron chi connectivity index (χ2n) is 4.55. The maximum Gasteiger partial charge on any atom is 0.325 e. The third-order valence-corrected chi connectivity index (χ3v) is 3.32. The van der Waals surface area contributed by atoms with Crippen LogP contribution in [0.25, 0.3) is 0 Å². The Hall–Kier alpha value is -1.87. The summed E-state index contributed by atoms with van der Waals surface area (Å²) in [6.07, 6.45) is -0.467. The van der Waals surface area contributed by atoms with Gasteiger partial charge in [-0.2, -0.15) is 0 Å². The van der Waals surface area contributed by atoms with E-state index in [0.717, 1.165) is 0 Å². The molecule has 2 fully saturated rings. The van der Waals surface area contributed by atoms with Crippen LogP contribution in [-0.4, -0.2) is 85.5 Å². The first-order valence-corrected chi connectivity index (χ1v) is 6.35. The van der Waals surface area contributed by atoms with Crippen LogP contribution in [-0.2, 0) is 9.53 Å². The number of aliphatic hydroxyl groups is 1. The number of hydrogen-bond donors (Lipinski definition) is 3. The highest BCUT2D eigenvalue weighted by Crippen LogP contribution is 2.20. The minimum atomic E-state index is -0.551. The molecule has 2 unspecified atom stereocenters. The predicted octanol–water partition coefficient (Wildman–Crippen LogP) is -2.24. The third-order valence-electron chi connectivity index (χ3n) is 3.32. The summed E-state index contributed by atoms with van der Waals surface area (Å²) in [6, 6.07) is -0.996. The molecule has 0 aromatic carbocycles. The molecule has 2 saturated heterocycles. The van der Waals surface area contributed by atoms with Crippen LogP contribution in [0.3, 0.4) is 0 Å². The molecule has 3 N–H and O–H groups in total. The number of ether oxygens (including phenoxy) is 1. The maximum absolute atomic E-state index is 12.0. The Morgan fingerprint density at radius 1 is 1.45 bits per heavy atom. The third kappa shape index (κ3) is 2.54. The molecule has 2 heterocycles. The van der Waals surface area contributed by atoms with Crippen molar-refractivity contribution in [2.45, 2.75) is 12.2 Å². The Morgan fingerprint density at radius 3 is 2.85 bits per heavy atom. The first kappa shape index (κ1) is 14.5. The quantitative estimate of drug-likeness (QED) is 0.527. The van der Waals surface area contributed by atoms with E-state index in [9.17, 15) is 9.59 Å². The Kier molecular flexibility index (Phi) is 4.40. The van der Waals surface area contributed by atoms with Crippen molar-refractivity contribution in [3.05, 3.63) is 0 Å². The molecule has 9 nitrogen and oxygen atoms in total. The van der Waals surface area contributed by atoms with Crippen LogP contribution in [0.1, 0.15) is 0 Å². The van der Waals surface area contributed by atoms with E-state index in [-0.39, 0.29) is 19.1 Å². The van der Waals surface area contributed by atoms with E-state index in [0.29, 0.717) is 19.1 Å². The van der Waals surface area contributed by atoms with Gasteiger partial charge in [-0.1, -0.05) is 0 Å². The van der Waals surface area contributed by atoms with Gasteiger partial charge in [0.1, 0.15) is 6.17 Å². The zero-order chi connectivity index (χ0) is 14.7. The molecule has 3 amide bonds. The highest BCUT2D eigenvalue weighted by atomic mass is 16.5. The lowest BCUT2D eigenvalue weighted by Gasteiger charge is -2.35. The molecule has 2 atom stereocenters. The Balaban J connectivity index is 2.24. The molecule has 0 aliphatic carbocycles. The number of fused-ring (bicyclic) bond motifs is 1. The first-order valence-electron chi connectivity index (χ1n) is 6.35. The van der Waals surface area contributed by atoms with Crippen LogP contribution < -0.4 is 10.6 Å². The van der Waals surface area contributed by atoms with Crippen molar-refractivity contribution in [1.82, 2.24) is 20.4 Å². The van der Waals surface area contributed by atoms with Crippen LogP contribution in [0, 0.1) is 0 Å². The lowest BCUT2D eigenvalue weighted by atomic mass is 10.1. The van der Waals surface area contributed by atoms with E-state index in [1.165, 1.54) is 4.90 Å². The first-order chi connectivity index (χ1) is 9.60. The highest BCUT2D eigenvalue weighted by Gasteiger charge is 2.49. The number of hydrogen-bond acceptors (Lipinski definition) is 5. The van der Waals surface area contributed by atoms with Crippen molar-refractivity contribution in [1.29, 1.82) is 0 Å². The number of urea groups is 1. The van der Waals surface area contributed by atoms with Crippen molar-refractivity contribution < 1.29 is 19.4 Å². The normalized spacial score (nSPS) is 27.6. The van der Waals surface area contributed by atoms with Crippen LogP contribution >= 0.6 is 0 Å². The molecule has 0 bridgehead atoms. The van der Waals surface area contributed by atoms with Crippen molar-refractivity contribution in [2.75, 3.05) is 40.5 Å². The van der Waals surface area contributed by atoms with Crippen LogP contribution in [0.4, 0.5) is 4.79 Å². The number of rotatable bonds is 5. The van der Waals surface area contributed by atoms with Crippen LogP contribution in [0.5, 0.6) is 0 Å². The zero-order valence-corrected chi connectivity index (χ0v) is 11.5. The Bertz CT molecular complexity index is 427. The van der Waals surface area contributed by atoms with E-state index in [1.807, 2.05) is 0 Å². The van der Waals surface area contributed by atoms with E-state index in [4.69, 9.17) is 9.84 Å². The molecule has 0 aromatic heterocycles. The summed E-state index contributed by atoms with van der Waals surface area (Å²) in [7, 11) is 3.18. The van der Waals surface area contributed by atoms with Crippen molar-refractivity contribution in [2.24, 2.45) is 4.99 Å². The lowest BCUT2D eigenvalue weighted by Crippen LogP contribution is -2.65. The van der Waals surface area contributed by atoms with Gasteiger partial charge < -0.3 is 25.0 Å². The van der Waals surface area contributed by atoms with E-state index in [2.05, 4.69) is 15.6 Å².